The molecule has 13 N–H and O–H groups in total. The molecule has 0 aromatic heterocycles. The van der Waals surface area contributed by atoms with Crippen molar-refractivity contribution >= 4 is 30.2 Å². The monoisotopic (exact) mass is 1300 g/mol. The fourth-order valence-electron chi connectivity index (χ4n) is 17.6. The Labute approximate surface area is 526 Å². The van der Waals surface area contributed by atoms with Crippen LogP contribution in [0.1, 0.15) is 114 Å². The van der Waals surface area contributed by atoms with Gasteiger partial charge in [0.1, 0.15) is 104 Å². The smallest absolute Gasteiger partial charge is 0.335 e. The number of carbonyl (C=O) groups is 5. The highest BCUT2D eigenvalue weighted by Crippen LogP contribution is 2.76. The summed E-state index contributed by atoms with van der Waals surface area (Å²) < 4.78 is 67.2. The fourth-order valence-corrected chi connectivity index (χ4v) is 17.6. The van der Waals surface area contributed by atoms with E-state index >= 15 is 0 Å². The van der Waals surface area contributed by atoms with E-state index < -0.39 is 236 Å². The molecule has 29 nitrogen and oxygen atoms in total. The van der Waals surface area contributed by atoms with E-state index in [9.17, 15) is 90.4 Å². The van der Waals surface area contributed by atoms with Gasteiger partial charge in [0.2, 0.25) is 0 Å². The second-order valence-electron chi connectivity index (χ2n) is 28.3. The average molecular weight is 1300 g/mol. The number of carboxylic acids is 1. The lowest BCUT2D eigenvalue weighted by molar-refractivity contribution is -0.400. The summed E-state index contributed by atoms with van der Waals surface area (Å²) in [7, 11) is 0. The Balaban J connectivity index is 1.07. The van der Waals surface area contributed by atoms with E-state index in [1.807, 2.05) is 13.8 Å². The van der Waals surface area contributed by atoms with Crippen LogP contribution in [0.25, 0.3) is 0 Å². The maximum atomic E-state index is 14.3. The molecule has 0 amide bonds. The van der Waals surface area contributed by atoms with Crippen molar-refractivity contribution < 1.29 is 142 Å². The first-order valence-corrected chi connectivity index (χ1v) is 31.3. The predicted octanol–water partition coefficient (Wildman–Crippen LogP) is -2.08. The van der Waals surface area contributed by atoms with Crippen LogP contribution in [0.4, 0.5) is 0 Å². The van der Waals surface area contributed by atoms with Gasteiger partial charge in [-0.3, -0.25) is 9.59 Å². The van der Waals surface area contributed by atoms with Gasteiger partial charge < -0.3 is 123 Å². The predicted molar refractivity (Wildman–Crippen MR) is 304 cm³/mol. The van der Waals surface area contributed by atoms with Crippen molar-refractivity contribution in [3.05, 3.63) is 23.3 Å². The Kier molecular flexibility index (Phi) is 21.0. The number of allylic oxidation sites excluding steroid dienone is 3. The van der Waals surface area contributed by atoms with Gasteiger partial charge in [-0.15, -0.1) is 0 Å². The molecule has 0 aromatic rings. The second kappa shape index (κ2) is 26.7. The molecule has 9 rings (SSSR count). The van der Waals surface area contributed by atoms with Gasteiger partial charge in [0.15, 0.2) is 37.4 Å². The third kappa shape index (κ3) is 12.1. The Morgan fingerprint density at radius 1 is 0.615 bits per heavy atom. The molecule has 4 heterocycles. The largest absolute Gasteiger partial charge is 0.479 e. The van der Waals surface area contributed by atoms with Crippen LogP contribution < -0.4 is 0 Å². The summed E-state index contributed by atoms with van der Waals surface area (Å²) >= 11 is 0. The number of aldehydes is 1. The number of hydrogen-bond donors (Lipinski definition) is 13. The van der Waals surface area contributed by atoms with E-state index in [0.29, 0.717) is 37.7 Å². The Bertz CT molecular complexity index is 2720. The number of aliphatic hydroxyl groups is 12. The van der Waals surface area contributed by atoms with E-state index in [1.165, 1.54) is 13.8 Å². The molecule has 9 aliphatic rings. The van der Waals surface area contributed by atoms with Gasteiger partial charge in [-0.1, -0.05) is 59.3 Å². The number of ether oxygens (including phenoxy) is 11. The van der Waals surface area contributed by atoms with Crippen molar-refractivity contribution in [2.45, 2.75) is 255 Å². The van der Waals surface area contributed by atoms with Gasteiger partial charge in [0.05, 0.1) is 43.4 Å². The zero-order valence-electron chi connectivity index (χ0n) is 52.9. The molecule has 5 aliphatic carbocycles. The molecule has 516 valence electrons. The highest BCUT2D eigenvalue weighted by molar-refractivity contribution is 5.87. The number of aliphatic hydroxyl groups excluding tert-OH is 12. The summed E-state index contributed by atoms with van der Waals surface area (Å²) in [4.78, 5) is 67.8. The molecule has 0 aromatic carbocycles. The van der Waals surface area contributed by atoms with Crippen LogP contribution in [0.2, 0.25) is 0 Å². The minimum Gasteiger partial charge on any atom is -0.479 e. The Morgan fingerprint density at radius 3 is 1.74 bits per heavy atom. The van der Waals surface area contributed by atoms with E-state index in [-0.39, 0.29) is 18.8 Å². The van der Waals surface area contributed by atoms with Crippen molar-refractivity contribution in [1.82, 2.24) is 0 Å². The van der Waals surface area contributed by atoms with Crippen molar-refractivity contribution in [3.63, 3.8) is 0 Å². The van der Waals surface area contributed by atoms with Gasteiger partial charge in [0, 0.05) is 24.8 Å². The fraction of sp³-hybridized carbons (Fsp3) is 0.855. The molecular weight excluding hydrogens is 1210 g/mol. The SMILES string of the molecule is CC=C(C)C(=O)O[C@H]1[C@H](OC(C)=O)[C@]2(CO)[C@H](OC(C)=O)C[C@]3(C)C(=CC[C@@H]4[C@@]5(C)CC[C@H](O[C@@H]6O[C@H](C(=O)O)[C@@H](O)[C@H](O[C@@H]7OC[C@H](O)[C@H](O)[C@H]7O[C@@H]7O[C@H](CO)[C@@H](O)[C@H](O)[C@H]7O)[C@H]6O[C@@H]6O[C@H](CO)[C@H](O)[C@H](O)[C@H]6O)[C@@](C)(C=O)[C@@H]5CC[C@]43C)[C@@H]2CC1(C)C. The van der Waals surface area contributed by atoms with Gasteiger partial charge in [-0.05, 0) is 92.8 Å². The normalized spacial score (nSPS) is 49.7. The highest BCUT2D eigenvalue weighted by atomic mass is 16.8. The molecule has 0 spiro atoms. The van der Waals surface area contributed by atoms with Gasteiger partial charge >= 0.3 is 23.9 Å². The summed E-state index contributed by atoms with van der Waals surface area (Å²) in [6.07, 6.45) is -35.7. The first-order chi connectivity index (χ1) is 42.6. The summed E-state index contributed by atoms with van der Waals surface area (Å²) in [6, 6.07) is 0. The van der Waals surface area contributed by atoms with Crippen molar-refractivity contribution in [2.24, 2.45) is 50.2 Å². The third-order valence-corrected chi connectivity index (χ3v) is 22.9. The lowest BCUT2D eigenvalue weighted by Crippen LogP contribution is -2.73. The zero-order valence-corrected chi connectivity index (χ0v) is 52.9. The lowest BCUT2D eigenvalue weighted by Gasteiger charge is -2.72. The summed E-state index contributed by atoms with van der Waals surface area (Å²) in [5.41, 5.74) is -4.75. The molecule has 4 saturated carbocycles. The number of carbonyl (C=O) groups excluding carboxylic acids is 4. The van der Waals surface area contributed by atoms with Gasteiger partial charge in [-0.2, -0.15) is 0 Å². The molecule has 91 heavy (non-hydrogen) atoms. The minimum absolute atomic E-state index is 0.0722. The Morgan fingerprint density at radius 2 is 1.20 bits per heavy atom. The quantitative estimate of drug-likeness (QED) is 0.0186. The van der Waals surface area contributed by atoms with Gasteiger partial charge in [0.25, 0.3) is 0 Å². The average Bonchev–Trinajstić information content (AvgIpc) is 0.669. The van der Waals surface area contributed by atoms with Crippen LogP contribution in [0.3, 0.4) is 0 Å². The molecule has 29 heteroatoms. The van der Waals surface area contributed by atoms with Crippen LogP contribution in [-0.4, -0.2) is 264 Å². The van der Waals surface area contributed by atoms with E-state index in [4.69, 9.17) is 52.1 Å². The summed E-state index contributed by atoms with van der Waals surface area (Å²) in [6.45, 7) is 14.6. The zero-order chi connectivity index (χ0) is 67.2. The summed E-state index contributed by atoms with van der Waals surface area (Å²) in [5, 5.41) is 142. The first kappa shape index (κ1) is 71.5. The van der Waals surface area contributed by atoms with Crippen molar-refractivity contribution in [2.75, 3.05) is 26.4 Å². The van der Waals surface area contributed by atoms with Gasteiger partial charge in [-0.25, -0.2) is 9.59 Å². The number of hydrogen-bond acceptors (Lipinski definition) is 28. The van der Waals surface area contributed by atoms with Crippen LogP contribution in [0.5, 0.6) is 0 Å². The molecule has 0 radical (unpaired) electrons. The third-order valence-electron chi connectivity index (χ3n) is 22.9. The maximum Gasteiger partial charge on any atom is 0.335 e. The van der Waals surface area contributed by atoms with Crippen LogP contribution >= 0.6 is 0 Å². The van der Waals surface area contributed by atoms with Crippen molar-refractivity contribution in [1.29, 1.82) is 0 Å². The number of esters is 3. The molecular formula is C62H94O29. The van der Waals surface area contributed by atoms with Crippen LogP contribution in [-0.2, 0) is 76.1 Å². The van der Waals surface area contributed by atoms with Crippen LogP contribution in [0, 0.1) is 50.2 Å². The standard InChI is InChI=1S/C62H94O29/c1-11-25(2)52(80)91-49-50(83-27(4)68)62(24-66)29(18-57(49,5)6)28-12-13-34-58(7)16-15-35(59(8,23-65)33(58)14-17-60(34,9)61(28,10)19-36(62)82-26(3)67)86-56-48(90-54-43(76)41(74)39(72)32(21-64)85-54)45(44(77)46(88-56)51(78)79)87-55-47(37(70)30(69)22-81-55)89-53-42(75)40(73)38(71)31(20-63)84-53/h11-12,23,29-50,53-56,63-64,66,69-77H,13-22,24H2,1-10H3,(H,78,79)/t29-,30-,31+,32+,33+,34+,35-,36+,37-,38+,39-,40-,41-,42+,43+,44-,45-,46-,47+,48+,49-,50-,53-,54-,55-,56+,58-,59-,60+,61+,62-/m0/s1. The molecule has 31 atom stereocenters. The summed E-state index contributed by atoms with van der Waals surface area (Å²) in [5.74, 6) is -5.11. The van der Waals surface area contributed by atoms with E-state index in [0.717, 1.165) is 11.9 Å². The number of aliphatic carboxylic acids is 1. The molecule has 4 saturated heterocycles. The maximum absolute atomic E-state index is 14.3. The van der Waals surface area contributed by atoms with E-state index in [1.54, 1.807) is 26.8 Å². The second-order valence-corrected chi connectivity index (χ2v) is 28.3. The van der Waals surface area contributed by atoms with E-state index in [2.05, 4.69) is 26.8 Å². The minimum atomic E-state index is -2.33. The number of fused-ring (bicyclic) bond motifs is 7. The number of carboxylic acid groups (broad SMARTS) is 1. The highest BCUT2D eigenvalue weighted by Gasteiger charge is 2.75. The molecule has 4 aliphatic heterocycles. The molecule has 8 fully saturated rings. The molecule has 0 unspecified atom stereocenters. The lowest BCUT2D eigenvalue weighted by atomic mass is 9.33. The molecule has 0 bridgehead atoms. The van der Waals surface area contributed by atoms with Crippen molar-refractivity contribution in [3.8, 4) is 0 Å². The topological polar surface area (TPSA) is 450 Å². The number of rotatable bonds is 17. The first-order valence-electron chi connectivity index (χ1n) is 31.3. The Hall–Kier alpha value is -3.77. The van der Waals surface area contributed by atoms with Crippen LogP contribution in [0.15, 0.2) is 23.3 Å².